The summed E-state index contributed by atoms with van der Waals surface area (Å²) < 4.78 is 5.97. The quantitative estimate of drug-likeness (QED) is 0.776. The number of amides is 2. The summed E-state index contributed by atoms with van der Waals surface area (Å²) in [4.78, 5) is 36.5. The standard InChI is InChI=1S/C16H19BrN2O4/c17-13-3-1-11(2-4-13)9-15(21)23-10-14(20)19-7-5-12(6-8-19)16(18)22/h1-4,12H,5-10H2,(H2,18,22). The van der Waals surface area contributed by atoms with E-state index >= 15 is 0 Å². The summed E-state index contributed by atoms with van der Waals surface area (Å²) in [6.45, 7) is 0.671. The molecule has 6 nitrogen and oxygen atoms in total. The van der Waals surface area contributed by atoms with Gasteiger partial charge in [0, 0.05) is 23.5 Å². The Morgan fingerprint density at radius 3 is 2.35 bits per heavy atom. The molecule has 1 saturated heterocycles. The van der Waals surface area contributed by atoms with Crippen LogP contribution >= 0.6 is 15.9 Å². The van der Waals surface area contributed by atoms with Gasteiger partial charge in [0.2, 0.25) is 5.91 Å². The van der Waals surface area contributed by atoms with Crippen molar-refractivity contribution in [2.75, 3.05) is 19.7 Å². The first-order valence-corrected chi connectivity index (χ1v) is 8.22. The zero-order valence-electron chi connectivity index (χ0n) is 12.7. The lowest BCUT2D eigenvalue weighted by atomic mass is 9.96. The molecule has 0 aromatic heterocycles. The molecule has 0 aliphatic carbocycles. The van der Waals surface area contributed by atoms with Crippen molar-refractivity contribution in [3.8, 4) is 0 Å². The van der Waals surface area contributed by atoms with E-state index in [2.05, 4.69) is 15.9 Å². The number of carbonyl (C=O) groups is 3. The van der Waals surface area contributed by atoms with Gasteiger partial charge >= 0.3 is 5.97 Å². The van der Waals surface area contributed by atoms with Crippen LogP contribution in [0.5, 0.6) is 0 Å². The number of rotatable bonds is 5. The van der Waals surface area contributed by atoms with Crippen molar-refractivity contribution in [3.63, 3.8) is 0 Å². The number of hydrogen-bond acceptors (Lipinski definition) is 4. The largest absolute Gasteiger partial charge is 0.455 e. The summed E-state index contributed by atoms with van der Waals surface area (Å²) >= 11 is 3.32. The maximum Gasteiger partial charge on any atom is 0.310 e. The molecule has 1 heterocycles. The summed E-state index contributed by atoms with van der Waals surface area (Å²) in [6, 6.07) is 7.33. The van der Waals surface area contributed by atoms with Crippen molar-refractivity contribution in [1.29, 1.82) is 0 Å². The Bertz CT molecular complexity index is 580. The zero-order valence-corrected chi connectivity index (χ0v) is 14.3. The molecule has 2 amide bonds. The van der Waals surface area contributed by atoms with Crippen molar-refractivity contribution in [1.82, 2.24) is 4.90 Å². The fourth-order valence-corrected chi connectivity index (χ4v) is 2.73. The third kappa shape index (κ3) is 5.35. The van der Waals surface area contributed by atoms with Gasteiger partial charge in [-0.1, -0.05) is 28.1 Å². The van der Waals surface area contributed by atoms with Crippen LogP contribution in [0.2, 0.25) is 0 Å². The van der Waals surface area contributed by atoms with Crippen molar-refractivity contribution in [3.05, 3.63) is 34.3 Å². The fraction of sp³-hybridized carbons (Fsp3) is 0.438. The second-order valence-electron chi connectivity index (χ2n) is 5.52. The molecule has 0 radical (unpaired) electrons. The SMILES string of the molecule is NC(=O)C1CCN(C(=O)COC(=O)Cc2ccc(Br)cc2)CC1. The van der Waals surface area contributed by atoms with Gasteiger partial charge in [0.05, 0.1) is 6.42 Å². The number of benzene rings is 1. The average molecular weight is 383 g/mol. The van der Waals surface area contributed by atoms with E-state index in [4.69, 9.17) is 10.5 Å². The first-order valence-electron chi connectivity index (χ1n) is 7.43. The van der Waals surface area contributed by atoms with Gasteiger partial charge in [-0.15, -0.1) is 0 Å². The van der Waals surface area contributed by atoms with E-state index in [0.29, 0.717) is 25.9 Å². The number of piperidine rings is 1. The number of hydrogen-bond donors (Lipinski definition) is 1. The summed E-state index contributed by atoms with van der Waals surface area (Å²) in [7, 11) is 0. The van der Waals surface area contributed by atoms with Gasteiger partial charge in [-0.05, 0) is 30.5 Å². The Hall–Kier alpha value is -1.89. The molecule has 1 fully saturated rings. The van der Waals surface area contributed by atoms with Gasteiger partial charge in [0.15, 0.2) is 6.61 Å². The molecular formula is C16H19BrN2O4. The van der Waals surface area contributed by atoms with Gasteiger partial charge in [0.1, 0.15) is 0 Å². The third-order valence-electron chi connectivity index (χ3n) is 3.87. The molecule has 124 valence electrons. The highest BCUT2D eigenvalue weighted by molar-refractivity contribution is 9.10. The number of halogens is 1. The van der Waals surface area contributed by atoms with E-state index in [1.807, 2.05) is 24.3 Å². The second kappa shape index (κ2) is 8.10. The van der Waals surface area contributed by atoms with Crippen molar-refractivity contribution >= 4 is 33.7 Å². The van der Waals surface area contributed by atoms with Gasteiger partial charge in [-0.2, -0.15) is 0 Å². The first-order chi connectivity index (χ1) is 11.0. The van der Waals surface area contributed by atoms with E-state index in [9.17, 15) is 14.4 Å². The van der Waals surface area contributed by atoms with Gasteiger partial charge in [-0.3, -0.25) is 14.4 Å². The molecule has 0 bridgehead atoms. The van der Waals surface area contributed by atoms with Crippen molar-refractivity contribution < 1.29 is 19.1 Å². The van der Waals surface area contributed by atoms with Crippen LogP contribution < -0.4 is 5.73 Å². The van der Waals surface area contributed by atoms with Crippen LogP contribution in [0, 0.1) is 5.92 Å². The minimum Gasteiger partial charge on any atom is -0.455 e. The summed E-state index contributed by atoms with van der Waals surface area (Å²) in [6.07, 6.45) is 1.26. The molecule has 2 N–H and O–H groups in total. The summed E-state index contributed by atoms with van der Waals surface area (Å²) in [5.74, 6) is -1.16. The molecule has 1 aromatic rings. The lowest BCUT2D eigenvalue weighted by Gasteiger charge is -2.30. The molecule has 7 heteroatoms. The van der Waals surface area contributed by atoms with E-state index in [-0.39, 0.29) is 30.8 Å². The maximum absolute atomic E-state index is 12.0. The Morgan fingerprint density at radius 2 is 1.78 bits per heavy atom. The van der Waals surface area contributed by atoms with Crippen LogP contribution in [0.1, 0.15) is 18.4 Å². The first kappa shape index (κ1) is 17.5. The highest BCUT2D eigenvalue weighted by atomic mass is 79.9. The van der Waals surface area contributed by atoms with Crippen molar-refractivity contribution in [2.45, 2.75) is 19.3 Å². The number of nitrogens with zero attached hydrogens (tertiary/aromatic N) is 1. The minimum absolute atomic E-state index is 0.129. The van der Waals surface area contributed by atoms with Crippen LogP contribution in [-0.4, -0.2) is 42.4 Å². The Morgan fingerprint density at radius 1 is 1.17 bits per heavy atom. The predicted octanol–water partition coefficient (Wildman–Crippen LogP) is 1.26. The number of esters is 1. The number of primary amides is 1. The molecular weight excluding hydrogens is 364 g/mol. The molecule has 2 rings (SSSR count). The van der Waals surface area contributed by atoms with E-state index in [1.165, 1.54) is 0 Å². The summed E-state index contributed by atoms with van der Waals surface area (Å²) in [5, 5.41) is 0. The molecule has 1 aliphatic rings. The highest BCUT2D eigenvalue weighted by Gasteiger charge is 2.26. The zero-order chi connectivity index (χ0) is 16.8. The molecule has 0 spiro atoms. The Labute approximate surface area is 143 Å². The van der Waals surface area contributed by atoms with Crippen LogP contribution in [0.15, 0.2) is 28.7 Å². The van der Waals surface area contributed by atoms with Gasteiger partial charge in [-0.25, -0.2) is 0 Å². The molecule has 0 atom stereocenters. The summed E-state index contributed by atoms with van der Waals surface area (Å²) in [5.41, 5.74) is 6.08. The van der Waals surface area contributed by atoms with Crippen LogP contribution in [0.25, 0.3) is 0 Å². The van der Waals surface area contributed by atoms with E-state index in [1.54, 1.807) is 4.90 Å². The highest BCUT2D eigenvalue weighted by Crippen LogP contribution is 2.16. The van der Waals surface area contributed by atoms with Crippen LogP contribution in [-0.2, 0) is 25.5 Å². The molecule has 23 heavy (non-hydrogen) atoms. The third-order valence-corrected chi connectivity index (χ3v) is 4.40. The minimum atomic E-state index is -0.437. The van der Waals surface area contributed by atoms with Crippen LogP contribution in [0.4, 0.5) is 0 Å². The predicted molar refractivity (Wildman–Crippen MR) is 87.3 cm³/mol. The van der Waals surface area contributed by atoms with E-state index < -0.39 is 5.97 Å². The molecule has 1 aromatic carbocycles. The number of carbonyl (C=O) groups excluding carboxylic acids is 3. The normalized spacial score (nSPS) is 15.3. The average Bonchev–Trinajstić information content (AvgIpc) is 2.55. The molecule has 0 unspecified atom stereocenters. The molecule has 1 aliphatic heterocycles. The monoisotopic (exact) mass is 382 g/mol. The van der Waals surface area contributed by atoms with Crippen molar-refractivity contribution in [2.24, 2.45) is 11.7 Å². The number of nitrogens with two attached hydrogens (primary N) is 1. The Balaban J connectivity index is 1.73. The smallest absolute Gasteiger partial charge is 0.310 e. The molecule has 0 saturated carbocycles. The Kier molecular flexibility index (Phi) is 6.15. The number of likely N-dealkylation sites (tertiary alicyclic amines) is 1. The lowest BCUT2D eigenvalue weighted by Crippen LogP contribution is -2.43. The topological polar surface area (TPSA) is 89.7 Å². The second-order valence-corrected chi connectivity index (χ2v) is 6.44. The van der Waals surface area contributed by atoms with E-state index in [0.717, 1.165) is 10.0 Å². The number of ether oxygens (including phenoxy) is 1. The van der Waals surface area contributed by atoms with Gasteiger partial charge in [0.25, 0.3) is 5.91 Å². The fourth-order valence-electron chi connectivity index (χ4n) is 2.47. The maximum atomic E-state index is 12.0. The lowest BCUT2D eigenvalue weighted by molar-refractivity contribution is -0.152. The van der Waals surface area contributed by atoms with Crippen LogP contribution in [0.3, 0.4) is 0 Å². The van der Waals surface area contributed by atoms with Gasteiger partial charge < -0.3 is 15.4 Å².